The number of Topliss-reactive ketones (excluding diaryl/α,β-unsaturated/α-hetero) is 1. The lowest BCUT2D eigenvalue weighted by atomic mass is 9.89. The number of aromatic hydroxyl groups is 1. The molecule has 0 unspecified atom stereocenters. The van der Waals surface area contributed by atoms with Crippen LogP contribution in [0.3, 0.4) is 0 Å². The van der Waals surface area contributed by atoms with E-state index in [9.17, 15) is 9.90 Å². The maximum Gasteiger partial charge on any atom is 0.171 e. The quantitative estimate of drug-likeness (QED) is 0.781. The minimum Gasteiger partial charge on any atom is -0.504 e. The van der Waals surface area contributed by atoms with Crippen LogP contribution in [0.4, 0.5) is 0 Å². The summed E-state index contributed by atoms with van der Waals surface area (Å²) in [5, 5.41) is 12.9. The predicted molar refractivity (Wildman–Crippen MR) is 64.6 cm³/mol. The normalized spacial score (nSPS) is 16.8. The summed E-state index contributed by atoms with van der Waals surface area (Å²) < 4.78 is 5.10. The number of carbonyl (C=O) groups excluding carboxylic acids is 1. The van der Waals surface area contributed by atoms with E-state index < -0.39 is 0 Å². The van der Waals surface area contributed by atoms with Crippen molar-refractivity contribution in [2.45, 2.75) is 12.8 Å². The zero-order valence-corrected chi connectivity index (χ0v) is 9.90. The molecule has 0 spiro atoms. The molecule has 0 bridgehead atoms. The lowest BCUT2D eigenvalue weighted by Gasteiger charge is -2.22. The molecule has 1 aromatic carbocycles. The van der Waals surface area contributed by atoms with Crippen LogP contribution in [0.5, 0.6) is 11.5 Å². The number of hydrogen-bond donors (Lipinski definition) is 2. The molecule has 4 heteroatoms. The first-order valence-electron chi connectivity index (χ1n) is 5.85. The smallest absolute Gasteiger partial charge is 0.171 e. The highest BCUT2D eigenvalue weighted by molar-refractivity contribution is 6.01. The number of methoxy groups -OCH3 is 1. The summed E-state index contributed by atoms with van der Waals surface area (Å²) in [4.78, 5) is 12.3. The maximum atomic E-state index is 12.3. The van der Waals surface area contributed by atoms with Gasteiger partial charge >= 0.3 is 0 Å². The monoisotopic (exact) mass is 235 g/mol. The largest absolute Gasteiger partial charge is 0.504 e. The van der Waals surface area contributed by atoms with E-state index in [1.807, 2.05) is 0 Å². The first-order valence-corrected chi connectivity index (χ1v) is 5.85. The molecule has 92 valence electrons. The van der Waals surface area contributed by atoms with E-state index in [0.717, 1.165) is 25.9 Å². The summed E-state index contributed by atoms with van der Waals surface area (Å²) in [6.45, 7) is 1.75. The molecule has 0 atom stereocenters. The Bertz CT molecular complexity index is 411. The van der Waals surface area contributed by atoms with Gasteiger partial charge in [0.1, 0.15) is 0 Å². The first kappa shape index (κ1) is 11.9. The molecule has 1 aliphatic rings. The highest BCUT2D eigenvalue weighted by atomic mass is 16.5. The topological polar surface area (TPSA) is 58.6 Å². The van der Waals surface area contributed by atoms with Gasteiger partial charge in [0.2, 0.25) is 0 Å². The van der Waals surface area contributed by atoms with Gasteiger partial charge in [0.25, 0.3) is 0 Å². The van der Waals surface area contributed by atoms with Crippen LogP contribution in [0.1, 0.15) is 23.2 Å². The van der Waals surface area contributed by atoms with E-state index in [1.165, 1.54) is 13.2 Å². The number of benzene rings is 1. The summed E-state index contributed by atoms with van der Waals surface area (Å²) >= 11 is 0. The minimum atomic E-state index is 0.0206. The number of ether oxygens (including phenoxy) is 1. The zero-order valence-electron chi connectivity index (χ0n) is 9.90. The molecule has 1 saturated heterocycles. The number of piperidine rings is 1. The number of rotatable bonds is 3. The molecule has 0 saturated carbocycles. The Balaban J connectivity index is 2.26. The third-order valence-corrected chi connectivity index (χ3v) is 3.17. The maximum absolute atomic E-state index is 12.3. The van der Waals surface area contributed by atoms with E-state index in [-0.39, 0.29) is 23.2 Å². The average Bonchev–Trinajstić information content (AvgIpc) is 2.38. The van der Waals surface area contributed by atoms with E-state index in [2.05, 4.69) is 5.32 Å². The Hall–Kier alpha value is -1.55. The summed E-state index contributed by atoms with van der Waals surface area (Å²) in [6, 6.07) is 4.91. The van der Waals surface area contributed by atoms with Crippen LogP contribution in [0.25, 0.3) is 0 Å². The summed E-state index contributed by atoms with van der Waals surface area (Å²) in [7, 11) is 1.47. The standard InChI is InChI=1S/C13H17NO3/c1-17-13-10(3-2-4-11(13)15)12(16)9-5-7-14-8-6-9/h2-4,9,14-15H,5-8H2,1H3. The number of para-hydroxylation sites is 1. The zero-order chi connectivity index (χ0) is 12.3. The summed E-state index contributed by atoms with van der Waals surface area (Å²) in [6.07, 6.45) is 1.69. The lowest BCUT2D eigenvalue weighted by Crippen LogP contribution is -2.32. The molecular formula is C13H17NO3. The van der Waals surface area contributed by atoms with Gasteiger partial charge in [-0.05, 0) is 38.1 Å². The van der Waals surface area contributed by atoms with Crippen molar-refractivity contribution in [2.75, 3.05) is 20.2 Å². The molecule has 0 aromatic heterocycles. The van der Waals surface area contributed by atoms with Crippen molar-refractivity contribution in [2.24, 2.45) is 5.92 Å². The van der Waals surface area contributed by atoms with E-state index in [4.69, 9.17) is 4.74 Å². The van der Waals surface area contributed by atoms with Crippen molar-refractivity contribution in [3.63, 3.8) is 0 Å². The van der Waals surface area contributed by atoms with Gasteiger partial charge in [-0.3, -0.25) is 4.79 Å². The van der Waals surface area contributed by atoms with Gasteiger partial charge in [-0.1, -0.05) is 6.07 Å². The Morgan fingerprint density at radius 1 is 1.41 bits per heavy atom. The van der Waals surface area contributed by atoms with Gasteiger partial charge in [0.05, 0.1) is 12.7 Å². The predicted octanol–water partition coefficient (Wildman–Crippen LogP) is 1.58. The van der Waals surface area contributed by atoms with Crippen LogP contribution < -0.4 is 10.1 Å². The minimum absolute atomic E-state index is 0.0206. The molecule has 1 fully saturated rings. The molecule has 1 aromatic rings. The molecule has 1 aliphatic heterocycles. The van der Waals surface area contributed by atoms with Crippen molar-refractivity contribution in [1.29, 1.82) is 0 Å². The van der Waals surface area contributed by atoms with Crippen LogP contribution in [-0.2, 0) is 0 Å². The van der Waals surface area contributed by atoms with Gasteiger partial charge in [-0.2, -0.15) is 0 Å². The second-order valence-corrected chi connectivity index (χ2v) is 4.25. The van der Waals surface area contributed by atoms with Gasteiger partial charge in [-0.25, -0.2) is 0 Å². The first-order chi connectivity index (χ1) is 8.24. The van der Waals surface area contributed by atoms with E-state index in [1.54, 1.807) is 12.1 Å². The molecule has 0 radical (unpaired) electrons. The Labute approximate surface area is 101 Å². The fraction of sp³-hybridized carbons (Fsp3) is 0.462. The van der Waals surface area contributed by atoms with Crippen molar-refractivity contribution in [1.82, 2.24) is 5.32 Å². The van der Waals surface area contributed by atoms with Gasteiger partial charge in [0.15, 0.2) is 17.3 Å². The average molecular weight is 235 g/mol. The van der Waals surface area contributed by atoms with Crippen molar-refractivity contribution < 1.29 is 14.6 Å². The van der Waals surface area contributed by atoms with E-state index >= 15 is 0 Å². The molecule has 4 nitrogen and oxygen atoms in total. The number of carbonyl (C=O) groups is 1. The SMILES string of the molecule is COc1c(O)cccc1C(=O)C1CCNCC1. The Morgan fingerprint density at radius 3 is 2.76 bits per heavy atom. The molecule has 0 amide bonds. The summed E-state index contributed by atoms with van der Waals surface area (Å²) in [5.41, 5.74) is 0.486. The van der Waals surface area contributed by atoms with Crippen LogP contribution >= 0.6 is 0 Å². The van der Waals surface area contributed by atoms with Crippen LogP contribution in [0.2, 0.25) is 0 Å². The molecule has 2 N–H and O–H groups in total. The van der Waals surface area contributed by atoms with Crippen molar-refractivity contribution in [3.05, 3.63) is 23.8 Å². The molecule has 2 rings (SSSR count). The van der Waals surface area contributed by atoms with E-state index in [0.29, 0.717) is 5.56 Å². The third kappa shape index (κ3) is 2.42. The number of phenols is 1. The number of hydrogen-bond acceptors (Lipinski definition) is 4. The highest BCUT2D eigenvalue weighted by Gasteiger charge is 2.25. The Morgan fingerprint density at radius 2 is 2.12 bits per heavy atom. The second-order valence-electron chi connectivity index (χ2n) is 4.25. The second kappa shape index (κ2) is 5.19. The third-order valence-electron chi connectivity index (χ3n) is 3.17. The van der Waals surface area contributed by atoms with Crippen LogP contribution in [-0.4, -0.2) is 31.1 Å². The van der Waals surface area contributed by atoms with Crippen molar-refractivity contribution in [3.8, 4) is 11.5 Å². The number of ketones is 1. The van der Waals surface area contributed by atoms with Crippen LogP contribution in [0, 0.1) is 5.92 Å². The fourth-order valence-corrected chi connectivity index (χ4v) is 2.24. The van der Waals surface area contributed by atoms with Gasteiger partial charge in [0, 0.05) is 5.92 Å². The Kier molecular flexibility index (Phi) is 3.64. The molecular weight excluding hydrogens is 218 g/mol. The van der Waals surface area contributed by atoms with Gasteiger partial charge in [-0.15, -0.1) is 0 Å². The highest BCUT2D eigenvalue weighted by Crippen LogP contribution is 2.32. The fourth-order valence-electron chi connectivity index (χ4n) is 2.24. The molecule has 0 aliphatic carbocycles. The van der Waals surface area contributed by atoms with Crippen LogP contribution in [0.15, 0.2) is 18.2 Å². The number of nitrogens with one attached hydrogen (secondary N) is 1. The lowest BCUT2D eigenvalue weighted by molar-refractivity contribution is 0.0891. The molecule has 1 heterocycles. The summed E-state index contributed by atoms with van der Waals surface area (Å²) in [5.74, 6) is 0.412. The van der Waals surface area contributed by atoms with Gasteiger partial charge < -0.3 is 15.2 Å². The van der Waals surface area contributed by atoms with Crippen molar-refractivity contribution >= 4 is 5.78 Å². The number of phenolic OH excluding ortho intramolecular Hbond substituents is 1. The molecule has 17 heavy (non-hydrogen) atoms.